The Labute approximate surface area is 220 Å². The summed E-state index contributed by atoms with van der Waals surface area (Å²) in [4.78, 5) is 0.173. The van der Waals surface area contributed by atoms with Crippen LogP contribution in [0, 0.1) is 10.4 Å². The second-order valence-electron chi connectivity index (χ2n) is 7.33. The van der Waals surface area contributed by atoms with Crippen molar-refractivity contribution in [3.63, 3.8) is 0 Å². The lowest BCUT2D eigenvalue weighted by Gasteiger charge is -2.00. The number of nitrogens with two attached hydrogens (primary N) is 2. The molecule has 4 rings (SSSR count). The van der Waals surface area contributed by atoms with Gasteiger partial charge in [0.25, 0.3) is 0 Å². The molecule has 0 saturated heterocycles. The number of rotatable bonds is 5. The van der Waals surface area contributed by atoms with Crippen LogP contribution in [-0.4, -0.2) is 31.1 Å². The van der Waals surface area contributed by atoms with Gasteiger partial charge in [0.2, 0.25) is 20.0 Å². The second-order valence-corrected chi connectivity index (χ2v) is 10.5. The van der Waals surface area contributed by atoms with Crippen molar-refractivity contribution in [1.29, 1.82) is 0 Å². The molecule has 0 bridgehead atoms. The van der Waals surface area contributed by atoms with Crippen LogP contribution in [0.5, 0.6) is 11.5 Å². The Balaban J connectivity index is 0.000000201. The van der Waals surface area contributed by atoms with Crippen LogP contribution in [0.3, 0.4) is 0 Å². The molecule has 4 aromatic rings. The summed E-state index contributed by atoms with van der Waals surface area (Å²) in [5, 5.41) is 31.3. The molecule has 0 radical (unpaired) electrons. The molecule has 0 aliphatic carbocycles. The van der Waals surface area contributed by atoms with Crippen LogP contribution in [0.1, 0.15) is 0 Å². The Hall–Kier alpha value is -4.24. The lowest BCUT2D eigenvalue weighted by atomic mass is 10.1. The van der Waals surface area contributed by atoms with Crippen molar-refractivity contribution < 1.29 is 35.8 Å². The number of methoxy groups -OCH3 is 2. The zero-order chi connectivity index (χ0) is 28.3. The first-order valence-corrected chi connectivity index (χ1v) is 13.6. The number of primary sulfonamides is 2. The minimum atomic E-state index is -3.58. The third-order valence-corrected chi connectivity index (χ3v) is 6.57. The molecule has 202 valence electrons. The van der Waals surface area contributed by atoms with E-state index in [9.17, 15) is 27.3 Å². The highest BCUT2D eigenvalue weighted by Crippen LogP contribution is 2.16. The van der Waals surface area contributed by atoms with Gasteiger partial charge in [0.05, 0.1) is 24.0 Å². The third kappa shape index (κ3) is 9.67. The van der Waals surface area contributed by atoms with Crippen molar-refractivity contribution in [2.24, 2.45) is 10.3 Å². The number of hydrogen-bond donors (Lipinski definition) is 2. The summed E-state index contributed by atoms with van der Waals surface area (Å²) < 4.78 is 54.2. The quantitative estimate of drug-likeness (QED) is 0.268. The van der Waals surface area contributed by atoms with Gasteiger partial charge in [0.15, 0.2) is 24.8 Å². The van der Waals surface area contributed by atoms with E-state index in [1.165, 1.54) is 63.3 Å². The normalized spacial score (nSPS) is 10.7. The van der Waals surface area contributed by atoms with Gasteiger partial charge in [0.1, 0.15) is 11.5 Å². The fourth-order valence-corrected chi connectivity index (χ4v) is 3.77. The number of pyridine rings is 2. The van der Waals surface area contributed by atoms with Gasteiger partial charge in [-0.15, -0.1) is 0 Å². The first-order valence-electron chi connectivity index (χ1n) is 10.5. The lowest BCUT2D eigenvalue weighted by molar-refractivity contribution is -0.605. The van der Waals surface area contributed by atoms with E-state index in [4.69, 9.17) is 19.8 Å². The lowest BCUT2D eigenvalue weighted by Crippen LogP contribution is -2.24. The molecular weight excluding hydrogens is 536 g/mol. The highest BCUT2D eigenvalue weighted by molar-refractivity contribution is 7.89. The predicted octanol–water partition coefficient (Wildman–Crippen LogP) is 1.31. The molecule has 0 saturated carbocycles. The number of benzene rings is 2. The van der Waals surface area contributed by atoms with E-state index in [-0.39, 0.29) is 9.79 Å². The van der Waals surface area contributed by atoms with Gasteiger partial charge < -0.3 is 19.9 Å². The summed E-state index contributed by atoms with van der Waals surface area (Å²) in [6, 6.07) is 18.6. The summed E-state index contributed by atoms with van der Waals surface area (Å²) in [5.74, 6) is 1.20. The zero-order valence-electron chi connectivity index (χ0n) is 20.4. The van der Waals surface area contributed by atoms with E-state index in [1.807, 2.05) is 0 Å². The first kappa shape index (κ1) is 30.0. The monoisotopic (exact) mass is 562 g/mol. The van der Waals surface area contributed by atoms with E-state index in [2.05, 4.69) is 0 Å². The van der Waals surface area contributed by atoms with E-state index in [0.717, 1.165) is 20.6 Å². The SMILES string of the molecule is COc1ccc(S(N)(=O)=O)cc1.COc1ccc(S(N)(=O)=O)cc1.[O-][n+]1ccc(-c2cc[n+]([O-])cc2)cc1. The molecule has 12 nitrogen and oxygen atoms in total. The highest BCUT2D eigenvalue weighted by atomic mass is 32.2. The van der Waals surface area contributed by atoms with E-state index in [1.54, 1.807) is 48.5 Å². The van der Waals surface area contributed by atoms with Crippen molar-refractivity contribution in [2.75, 3.05) is 14.2 Å². The summed E-state index contributed by atoms with van der Waals surface area (Å²) in [5.41, 5.74) is 1.83. The zero-order valence-corrected chi connectivity index (χ0v) is 22.0. The van der Waals surface area contributed by atoms with Crippen molar-refractivity contribution >= 4 is 20.0 Å². The number of hydrogen-bond acceptors (Lipinski definition) is 8. The maximum Gasteiger partial charge on any atom is 0.238 e. The smallest absolute Gasteiger partial charge is 0.238 e. The summed E-state index contributed by atoms with van der Waals surface area (Å²) in [7, 11) is -4.15. The molecular formula is C24H26N4O8S2. The van der Waals surface area contributed by atoms with Crippen LogP contribution >= 0.6 is 0 Å². The Bertz CT molecular complexity index is 1390. The van der Waals surface area contributed by atoms with Crippen molar-refractivity contribution in [3.05, 3.63) is 108 Å². The molecule has 0 atom stereocenters. The van der Waals surface area contributed by atoms with Gasteiger partial charge in [-0.2, -0.15) is 9.46 Å². The molecule has 0 unspecified atom stereocenters. The van der Waals surface area contributed by atoms with Gasteiger partial charge >= 0.3 is 0 Å². The fraction of sp³-hybridized carbons (Fsp3) is 0.0833. The maximum absolute atomic E-state index is 10.8. The van der Waals surface area contributed by atoms with Crippen LogP contribution < -0.4 is 29.2 Å². The van der Waals surface area contributed by atoms with Crippen LogP contribution in [0.2, 0.25) is 0 Å². The van der Waals surface area contributed by atoms with Crippen molar-refractivity contribution in [1.82, 2.24) is 0 Å². The maximum atomic E-state index is 10.8. The Kier molecular flexibility index (Phi) is 10.5. The van der Waals surface area contributed by atoms with E-state index >= 15 is 0 Å². The van der Waals surface area contributed by atoms with Crippen LogP contribution in [0.15, 0.2) is 107 Å². The molecule has 2 aromatic heterocycles. The van der Waals surface area contributed by atoms with Crippen LogP contribution in [-0.2, 0) is 20.0 Å². The third-order valence-electron chi connectivity index (χ3n) is 4.71. The van der Waals surface area contributed by atoms with E-state index < -0.39 is 20.0 Å². The minimum Gasteiger partial charge on any atom is -0.619 e. The van der Waals surface area contributed by atoms with Gasteiger partial charge in [-0.25, -0.2) is 27.1 Å². The predicted molar refractivity (Wildman–Crippen MR) is 139 cm³/mol. The Morgan fingerprint density at radius 3 is 1.03 bits per heavy atom. The van der Waals surface area contributed by atoms with Crippen molar-refractivity contribution in [2.45, 2.75) is 9.79 Å². The molecule has 2 heterocycles. The van der Waals surface area contributed by atoms with Gasteiger partial charge in [-0.05, 0) is 59.7 Å². The van der Waals surface area contributed by atoms with Crippen LogP contribution in [0.25, 0.3) is 11.1 Å². The number of nitrogens with zero attached hydrogens (tertiary/aromatic N) is 2. The first-order chi connectivity index (χ1) is 17.8. The molecule has 0 aliphatic heterocycles. The molecule has 38 heavy (non-hydrogen) atoms. The number of aromatic nitrogens is 2. The van der Waals surface area contributed by atoms with Crippen LogP contribution in [0.4, 0.5) is 0 Å². The van der Waals surface area contributed by atoms with Crippen molar-refractivity contribution in [3.8, 4) is 22.6 Å². The topological polar surface area (TPSA) is 193 Å². The van der Waals surface area contributed by atoms with E-state index in [0.29, 0.717) is 11.5 Å². The Morgan fingerprint density at radius 1 is 0.553 bits per heavy atom. The second kappa shape index (κ2) is 13.3. The standard InChI is InChI=1S/C10H8N2O2.2C7H9NO3S/c13-11-5-1-9(2-6-11)10-3-7-12(14)8-4-10;2*1-11-6-2-4-7(5-3-6)12(8,9)10/h1-8H;2*2-5H,1H3,(H2,8,9,10). The molecule has 0 spiro atoms. The fourth-order valence-electron chi connectivity index (χ4n) is 2.74. The average Bonchev–Trinajstić information content (AvgIpc) is 2.89. The molecule has 4 N–H and O–H groups in total. The van der Waals surface area contributed by atoms with Gasteiger partial charge in [-0.1, -0.05) is 0 Å². The number of ether oxygens (including phenoxy) is 2. The average molecular weight is 563 g/mol. The number of sulfonamides is 2. The summed E-state index contributed by atoms with van der Waals surface area (Å²) in [6.45, 7) is 0. The highest BCUT2D eigenvalue weighted by Gasteiger charge is 2.07. The molecule has 0 amide bonds. The Morgan fingerprint density at radius 2 is 0.816 bits per heavy atom. The molecule has 2 aromatic carbocycles. The van der Waals surface area contributed by atoms with Gasteiger partial charge in [0, 0.05) is 24.3 Å². The molecule has 14 heteroatoms. The summed E-state index contributed by atoms with van der Waals surface area (Å²) in [6.07, 6.45) is 5.70. The minimum absolute atomic E-state index is 0.0864. The van der Waals surface area contributed by atoms with Gasteiger partial charge in [-0.3, -0.25) is 0 Å². The summed E-state index contributed by atoms with van der Waals surface area (Å²) >= 11 is 0. The largest absolute Gasteiger partial charge is 0.619 e. The molecule has 0 fully saturated rings. The molecule has 0 aliphatic rings.